The third-order valence-corrected chi connectivity index (χ3v) is 5.98. The van der Waals surface area contributed by atoms with Gasteiger partial charge < -0.3 is 4.90 Å². The zero-order valence-corrected chi connectivity index (χ0v) is 17.8. The summed E-state index contributed by atoms with van der Waals surface area (Å²) in [4.78, 5) is 38.1. The lowest BCUT2D eigenvalue weighted by molar-refractivity contribution is -0.142. The average molecular weight is 468 g/mol. The van der Waals surface area contributed by atoms with Gasteiger partial charge in [-0.25, -0.2) is 0 Å². The molecular weight excluding hydrogens is 449 g/mol. The van der Waals surface area contributed by atoms with Crippen molar-refractivity contribution < 1.29 is 27.6 Å². The number of fused-ring (bicyclic) bond motifs is 1. The molecule has 0 bridgehead atoms. The van der Waals surface area contributed by atoms with Crippen LogP contribution in [0, 0.1) is 0 Å². The fourth-order valence-corrected chi connectivity index (χ4v) is 4.45. The number of imide groups is 1. The van der Waals surface area contributed by atoms with Crippen LogP contribution in [0.4, 0.5) is 13.2 Å². The Bertz CT molecular complexity index is 1300. The Hall–Kier alpha value is -3.95. The summed E-state index contributed by atoms with van der Waals surface area (Å²) in [5.74, 6) is -1.18. The number of halogens is 3. The van der Waals surface area contributed by atoms with E-state index in [0.29, 0.717) is 33.5 Å². The van der Waals surface area contributed by atoms with E-state index in [-0.39, 0.29) is 31.2 Å². The minimum atomic E-state index is -4.43. The minimum absolute atomic E-state index is 0.153. The van der Waals surface area contributed by atoms with Crippen molar-refractivity contribution in [1.29, 1.82) is 0 Å². The van der Waals surface area contributed by atoms with Crippen molar-refractivity contribution in [1.82, 2.24) is 20.0 Å². The summed E-state index contributed by atoms with van der Waals surface area (Å²) < 4.78 is 40.0. The number of amides is 3. The zero-order chi connectivity index (χ0) is 24.0. The van der Waals surface area contributed by atoms with Crippen LogP contribution in [0.25, 0.3) is 22.4 Å². The van der Waals surface area contributed by atoms with Crippen LogP contribution in [0.1, 0.15) is 28.8 Å². The van der Waals surface area contributed by atoms with Gasteiger partial charge in [-0.05, 0) is 29.7 Å². The van der Waals surface area contributed by atoms with Gasteiger partial charge in [0.15, 0.2) is 0 Å². The van der Waals surface area contributed by atoms with E-state index in [9.17, 15) is 27.6 Å². The molecule has 2 aliphatic rings. The Morgan fingerprint density at radius 3 is 2.47 bits per heavy atom. The summed E-state index contributed by atoms with van der Waals surface area (Å²) in [6, 6.07) is 13.2. The van der Waals surface area contributed by atoms with Crippen LogP contribution >= 0.6 is 0 Å². The molecule has 10 heteroatoms. The molecule has 1 N–H and O–H groups in total. The number of nitrogens with zero attached hydrogens (tertiary/aromatic N) is 3. The van der Waals surface area contributed by atoms with Gasteiger partial charge >= 0.3 is 6.18 Å². The molecule has 3 aromatic rings. The Balaban J connectivity index is 1.50. The van der Waals surface area contributed by atoms with E-state index in [4.69, 9.17) is 0 Å². The molecule has 0 spiro atoms. The molecule has 7 nitrogen and oxygen atoms in total. The van der Waals surface area contributed by atoms with Crippen LogP contribution in [-0.4, -0.2) is 44.6 Å². The number of aromatic nitrogens is 2. The van der Waals surface area contributed by atoms with Gasteiger partial charge in [0, 0.05) is 35.9 Å². The van der Waals surface area contributed by atoms with Crippen LogP contribution in [-0.2, 0) is 22.7 Å². The van der Waals surface area contributed by atoms with Crippen molar-refractivity contribution in [2.24, 2.45) is 0 Å². The monoisotopic (exact) mass is 468 g/mol. The number of rotatable bonds is 4. The smallest absolute Gasteiger partial charge is 0.322 e. The maximum absolute atomic E-state index is 13.0. The topological polar surface area (TPSA) is 84.3 Å². The van der Waals surface area contributed by atoms with Gasteiger partial charge in [-0.2, -0.15) is 18.3 Å². The highest BCUT2D eigenvalue weighted by Gasteiger charge is 2.39. The van der Waals surface area contributed by atoms with E-state index < -0.39 is 24.7 Å². The zero-order valence-electron chi connectivity index (χ0n) is 17.8. The van der Waals surface area contributed by atoms with Gasteiger partial charge in [-0.3, -0.25) is 24.4 Å². The van der Waals surface area contributed by atoms with E-state index in [1.165, 1.54) is 11.1 Å². The predicted molar refractivity (Wildman–Crippen MR) is 115 cm³/mol. The molecule has 0 saturated carbocycles. The Kier molecular flexibility index (Phi) is 5.22. The molecule has 5 rings (SSSR count). The van der Waals surface area contributed by atoms with Crippen LogP contribution < -0.4 is 5.32 Å². The summed E-state index contributed by atoms with van der Waals surface area (Å²) in [5, 5.41) is 6.45. The summed E-state index contributed by atoms with van der Waals surface area (Å²) in [6.07, 6.45) is -2.67. The lowest BCUT2D eigenvalue weighted by atomic mass is 9.98. The van der Waals surface area contributed by atoms with E-state index in [1.807, 2.05) is 0 Å². The Labute approximate surface area is 192 Å². The molecule has 1 unspecified atom stereocenters. The first-order chi connectivity index (χ1) is 16.2. The molecule has 3 amide bonds. The van der Waals surface area contributed by atoms with Gasteiger partial charge in [0.05, 0.1) is 0 Å². The van der Waals surface area contributed by atoms with E-state index in [1.54, 1.807) is 48.5 Å². The number of carbonyl (C=O) groups is 3. The van der Waals surface area contributed by atoms with Gasteiger partial charge in [-0.15, -0.1) is 0 Å². The van der Waals surface area contributed by atoms with Gasteiger partial charge in [0.25, 0.3) is 5.91 Å². The maximum Gasteiger partial charge on any atom is 0.408 e. The van der Waals surface area contributed by atoms with Crippen LogP contribution in [0.15, 0.2) is 54.7 Å². The number of hydrogen-bond donors (Lipinski definition) is 1. The average Bonchev–Trinajstić information content (AvgIpc) is 3.34. The molecule has 2 aromatic carbocycles. The molecule has 2 aliphatic heterocycles. The molecule has 0 aliphatic carbocycles. The quantitative estimate of drug-likeness (QED) is 0.594. The molecule has 34 heavy (non-hydrogen) atoms. The van der Waals surface area contributed by atoms with E-state index >= 15 is 0 Å². The minimum Gasteiger partial charge on any atom is -0.322 e. The highest BCUT2D eigenvalue weighted by Crippen LogP contribution is 2.35. The highest BCUT2D eigenvalue weighted by atomic mass is 19.4. The summed E-state index contributed by atoms with van der Waals surface area (Å²) >= 11 is 0. The Morgan fingerprint density at radius 2 is 1.76 bits per heavy atom. The number of hydrogen-bond acceptors (Lipinski definition) is 4. The number of benzene rings is 2. The van der Waals surface area contributed by atoms with Crippen molar-refractivity contribution in [3.63, 3.8) is 0 Å². The van der Waals surface area contributed by atoms with Gasteiger partial charge in [-0.1, -0.05) is 36.4 Å². The number of alkyl halides is 3. The molecule has 1 atom stereocenters. The number of nitrogens with one attached hydrogen (secondary N) is 1. The molecule has 1 aromatic heterocycles. The molecular formula is C24H19F3N4O3. The van der Waals surface area contributed by atoms with Gasteiger partial charge in [0.2, 0.25) is 11.8 Å². The summed E-state index contributed by atoms with van der Waals surface area (Å²) in [6.45, 7) is -1.05. The third kappa shape index (κ3) is 4.07. The van der Waals surface area contributed by atoms with Crippen molar-refractivity contribution in [2.75, 3.05) is 0 Å². The lowest BCUT2D eigenvalue weighted by Crippen LogP contribution is -2.52. The second kappa shape index (κ2) is 8.12. The van der Waals surface area contributed by atoms with Crippen LogP contribution in [0.5, 0.6) is 0 Å². The largest absolute Gasteiger partial charge is 0.408 e. The van der Waals surface area contributed by atoms with Crippen molar-refractivity contribution >= 4 is 17.7 Å². The molecule has 174 valence electrons. The molecule has 0 radical (unpaired) electrons. The lowest BCUT2D eigenvalue weighted by Gasteiger charge is -2.29. The predicted octanol–water partition coefficient (Wildman–Crippen LogP) is 3.54. The van der Waals surface area contributed by atoms with E-state index in [0.717, 1.165) is 4.68 Å². The molecule has 1 fully saturated rings. The van der Waals surface area contributed by atoms with Gasteiger partial charge in [0.1, 0.15) is 18.3 Å². The normalized spacial score (nSPS) is 18.3. The van der Waals surface area contributed by atoms with Crippen LogP contribution in [0.2, 0.25) is 0 Å². The third-order valence-electron chi connectivity index (χ3n) is 5.98. The maximum atomic E-state index is 13.0. The first-order valence-corrected chi connectivity index (χ1v) is 10.7. The second-order valence-corrected chi connectivity index (χ2v) is 8.34. The van der Waals surface area contributed by atoms with E-state index in [2.05, 4.69) is 10.4 Å². The fourth-order valence-electron chi connectivity index (χ4n) is 4.45. The number of carbonyl (C=O) groups excluding carboxylic acids is 3. The molecule has 1 saturated heterocycles. The van der Waals surface area contributed by atoms with Crippen molar-refractivity contribution in [3.8, 4) is 22.4 Å². The summed E-state index contributed by atoms with van der Waals surface area (Å²) in [7, 11) is 0. The first kappa shape index (κ1) is 21.9. The second-order valence-electron chi connectivity index (χ2n) is 8.34. The van der Waals surface area contributed by atoms with Crippen molar-refractivity contribution in [2.45, 2.75) is 38.1 Å². The fraction of sp³-hybridized carbons (Fsp3) is 0.250. The van der Waals surface area contributed by atoms with Crippen LogP contribution in [0.3, 0.4) is 0 Å². The molecule has 3 heterocycles. The summed E-state index contributed by atoms with van der Waals surface area (Å²) in [5.41, 5.74) is 3.28. The highest BCUT2D eigenvalue weighted by molar-refractivity contribution is 6.05. The standard InChI is InChI=1S/C24H19F3N4O3/c25-24(26,27)13-30-12-18(21(29-30)14-4-2-1-3-5-14)15-6-7-17-16(10-15)11-31(23(17)34)19-8-9-20(32)28-22(19)33/h1-7,10,12,19H,8-9,11,13H2,(H,28,32,33). The van der Waals surface area contributed by atoms with Crippen molar-refractivity contribution in [3.05, 3.63) is 65.9 Å². The SMILES string of the molecule is O=C1CCC(N2Cc3cc(-c4cn(CC(F)(F)F)nc4-c4ccccc4)ccc3C2=O)C(=O)N1. The Morgan fingerprint density at radius 1 is 1.00 bits per heavy atom. The number of piperidine rings is 1. The first-order valence-electron chi connectivity index (χ1n) is 10.7.